The molecular weight excluding hydrogens is 322 g/mol. The maximum absolute atomic E-state index is 12.2. The predicted octanol–water partition coefficient (Wildman–Crippen LogP) is 1.10. The van der Waals surface area contributed by atoms with Crippen LogP contribution in [0.2, 0.25) is 0 Å². The molecule has 1 N–H and O–H groups in total. The third kappa shape index (κ3) is 4.70. The van der Waals surface area contributed by atoms with Crippen LogP contribution in [0.4, 0.5) is 11.4 Å². The third-order valence-electron chi connectivity index (χ3n) is 4.49. The van der Waals surface area contributed by atoms with E-state index < -0.39 is 6.10 Å². The first-order valence-corrected chi connectivity index (χ1v) is 8.72. The molecule has 25 heavy (non-hydrogen) atoms. The molecular formula is C18H25N3O4. The van der Waals surface area contributed by atoms with Gasteiger partial charge in [-0.15, -0.1) is 0 Å². The fraction of sp³-hybridized carbons (Fsp3) is 0.556. The van der Waals surface area contributed by atoms with E-state index in [2.05, 4.69) is 10.2 Å². The molecule has 0 aliphatic carbocycles. The Morgan fingerprint density at radius 3 is 2.56 bits per heavy atom. The first-order valence-electron chi connectivity index (χ1n) is 8.72. The fourth-order valence-corrected chi connectivity index (χ4v) is 3.09. The van der Waals surface area contributed by atoms with Crippen molar-refractivity contribution in [1.29, 1.82) is 0 Å². The molecule has 0 spiro atoms. The van der Waals surface area contributed by atoms with Crippen LogP contribution in [0.1, 0.15) is 12.8 Å². The maximum Gasteiger partial charge on any atom is 0.251 e. The monoisotopic (exact) mass is 347 g/mol. The van der Waals surface area contributed by atoms with Gasteiger partial charge >= 0.3 is 0 Å². The highest BCUT2D eigenvalue weighted by Crippen LogP contribution is 2.19. The van der Waals surface area contributed by atoms with E-state index in [1.807, 2.05) is 24.3 Å². The zero-order valence-corrected chi connectivity index (χ0v) is 14.6. The SMILES string of the molecule is CN(CC(=O)Nc1ccc(N2CCOCC2)cc1)C(=O)C1CCCO1. The van der Waals surface area contributed by atoms with Gasteiger partial charge in [0.2, 0.25) is 5.91 Å². The summed E-state index contributed by atoms with van der Waals surface area (Å²) in [5.74, 6) is -0.344. The summed E-state index contributed by atoms with van der Waals surface area (Å²) < 4.78 is 10.7. The highest BCUT2D eigenvalue weighted by Gasteiger charge is 2.27. The summed E-state index contributed by atoms with van der Waals surface area (Å²) in [6, 6.07) is 7.74. The number of hydrogen-bond donors (Lipinski definition) is 1. The van der Waals surface area contributed by atoms with Gasteiger partial charge in [0.15, 0.2) is 0 Å². The van der Waals surface area contributed by atoms with E-state index in [4.69, 9.17) is 9.47 Å². The Balaban J connectivity index is 1.49. The molecule has 0 radical (unpaired) electrons. The lowest BCUT2D eigenvalue weighted by Crippen LogP contribution is -2.40. The Morgan fingerprint density at radius 2 is 1.92 bits per heavy atom. The average molecular weight is 347 g/mol. The van der Waals surface area contributed by atoms with E-state index in [1.54, 1.807) is 7.05 Å². The van der Waals surface area contributed by atoms with Crippen molar-refractivity contribution in [2.75, 3.05) is 56.7 Å². The Labute approximate surface area is 147 Å². The molecule has 0 aromatic heterocycles. The van der Waals surface area contributed by atoms with Crippen LogP contribution < -0.4 is 10.2 Å². The Hall–Kier alpha value is -2.12. The molecule has 2 heterocycles. The van der Waals surface area contributed by atoms with E-state index in [1.165, 1.54) is 4.90 Å². The van der Waals surface area contributed by atoms with Gasteiger partial charge < -0.3 is 24.6 Å². The van der Waals surface area contributed by atoms with E-state index in [0.29, 0.717) is 6.61 Å². The number of carbonyl (C=O) groups excluding carboxylic acids is 2. The summed E-state index contributed by atoms with van der Waals surface area (Å²) in [5, 5.41) is 2.83. The van der Waals surface area contributed by atoms with Crippen LogP contribution in [0.5, 0.6) is 0 Å². The van der Waals surface area contributed by atoms with Gasteiger partial charge in [0.1, 0.15) is 6.10 Å². The number of carbonyl (C=O) groups is 2. The normalized spacial score (nSPS) is 20.4. The summed E-state index contributed by atoms with van der Waals surface area (Å²) in [6.07, 6.45) is 1.23. The second kappa shape index (κ2) is 8.31. The number of anilines is 2. The van der Waals surface area contributed by atoms with Crippen molar-refractivity contribution in [2.24, 2.45) is 0 Å². The van der Waals surface area contributed by atoms with Gasteiger partial charge in [0.25, 0.3) is 5.91 Å². The molecule has 1 atom stereocenters. The van der Waals surface area contributed by atoms with Crippen LogP contribution in [0, 0.1) is 0 Å². The number of hydrogen-bond acceptors (Lipinski definition) is 5. The molecule has 2 amide bonds. The lowest BCUT2D eigenvalue weighted by molar-refractivity contribution is -0.141. The standard InChI is InChI=1S/C18H25N3O4/c1-20(18(23)16-3-2-10-25-16)13-17(22)19-14-4-6-15(7-5-14)21-8-11-24-12-9-21/h4-7,16H,2-3,8-13H2,1H3,(H,19,22). The van der Waals surface area contributed by atoms with E-state index in [0.717, 1.165) is 50.5 Å². The van der Waals surface area contributed by atoms with Crippen molar-refractivity contribution in [3.8, 4) is 0 Å². The van der Waals surface area contributed by atoms with Crippen LogP contribution >= 0.6 is 0 Å². The number of benzene rings is 1. The number of rotatable bonds is 5. The van der Waals surface area contributed by atoms with Gasteiger partial charge in [-0.2, -0.15) is 0 Å². The average Bonchev–Trinajstić information content (AvgIpc) is 3.17. The minimum atomic E-state index is -0.398. The molecule has 136 valence electrons. The molecule has 1 aromatic carbocycles. The number of nitrogens with one attached hydrogen (secondary N) is 1. The van der Waals surface area contributed by atoms with E-state index in [9.17, 15) is 9.59 Å². The van der Waals surface area contributed by atoms with Crippen LogP contribution in [-0.4, -0.2) is 69.3 Å². The number of ether oxygens (including phenoxy) is 2. The van der Waals surface area contributed by atoms with Crippen LogP contribution in [0.15, 0.2) is 24.3 Å². The molecule has 0 saturated carbocycles. The van der Waals surface area contributed by atoms with Crippen molar-refractivity contribution in [3.05, 3.63) is 24.3 Å². The van der Waals surface area contributed by atoms with Crippen molar-refractivity contribution >= 4 is 23.2 Å². The summed E-state index contributed by atoms with van der Waals surface area (Å²) >= 11 is 0. The maximum atomic E-state index is 12.2. The lowest BCUT2D eigenvalue weighted by atomic mass is 10.2. The minimum absolute atomic E-state index is 0.0178. The fourth-order valence-electron chi connectivity index (χ4n) is 3.09. The molecule has 2 aliphatic heterocycles. The first-order chi connectivity index (χ1) is 12.1. The smallest absolute Gasteiger partial charge is 0.251 e. The summed E-state index contributed by atoms with van der Waals surface area (Å²) in [4.78, 5) is 28.0. The van der Waals surface area contributed by atoms with Crippen molar-refractivity contribution in [3.63, 3.8) is 0 Å². The summed E-state index contributed by atoms with van der Waals surface area (Å²) in [7, 11) is 1.63. The molecule has 3 rings (SSSR count). The second-order valence-electron chi connectivity index (χ2n) is 6.39. The van der Waals surface area contributed by atoms with Crippen molar-refractivity contribution in [2.45, 2.75) is 18.9 Å². The zero-order chi connectivity index (χ0) is 17.6. The number of amides is 2. The molecule has 2 aliphatic rings. The largest absolute Gasteiger partial charge is 0.378 e. The quantitative estimate of drug-likeness (QED) is 0.864. The number of nitrogens with zero attached hydrogens (tertiary/aromatic N) is 2. The summed E-state index contributed by atoms with van der Waals surface area (Å²) in [6.45, 7) is 3.87. The Morgan fingerprint density at radius 1 is 1.20 bits per heavy atom. The number of likely N-dealkylation sites (N-methyl/N-ethyl adjacent to an activating group) is 1. The molecule has 1 unspecified atom stereocenters. The molecule has 0 bridgehead atoms. The Kier molecular flexibility index (Phi) is 5.88. The van der Waals surface area contributed by atoms with Crippen molar-refractivity contribution in [1.82, 2.24) is 4.90 Å². The van der Waals surface area contributed by atoms with Gasteiger partial charge in [-0.05, 0) is 37.1 Å². The highest BCUT2D eigenvalue weighted by molar-refractivity contribution is 5.95. The highest BCUT2D eigenvalue weighted by atomic mass is 16.5. The van der Waals surface area contributed by atoms with Gasteiger partial charge in [-0.25, -0.2) is 0 Å². The topological polar surface area (TPSA) is 71.1 Å². The van der Waals surface area contributed by atoms with Crippen LogP contribution in [0.25, 0.3) is 0 Å². The van der Waals surface area contributed by atoms with Gasteiger partial charge in [-0.3, -0.25) is 9.59 Å². The molecule has 1 aromatic rings. The van der Waals surface area contributed by atoms with Gasteiger partial charge in [0, 0.05) is 38.1 Å². The zero-order valence-electron chi connectivity index (χ0n) is 14.6. The molecule has 7 nitrogen and oxygen atoms in total. The third-order valence-corrected chi connectivity index (χ3v) is 4.49. The van der Waals surface area contributed by atoms with E-state index >= 15 is 0 Å². The van der Waals surface area contributed by atoms with E-state index in [-0.39, 0.29) is 18.4 Å². The van der Waals surface area contributed by atoms with Crippen molar-refractivity contribution < 1.29 is 19.1 Å². The first kappa shape index (κ1) is 17.7. The van der Waals surface area contributed by atoms with Gasteiger partial charge in [-0.1, -0.05) is 0 Å². The van der Waals surface area contributed by atoms with Gasteiger partial charge in [0.05, 0.1) is 19.8 Å². The predicted molar refractivity (Wildman–Crippen MR) is 94.7 cm³/mol. The minimum Gasteiger partial charge on any atom is -0.378 e. The van der Waals surface area contributed by atoms with Crippen LogP contribution in [0.3, 0.4) is 0 Å². The molecule has 2 saturated heterocycles. The lowest BCUT2D eigenvalue weighted by Gasteiger charge is -2.29. The molecule has 7 heteroatoms. The summed E-state index contributed by atoms with van der Waals surface area (Å²) in [5.41, 5.74) is 1.84. The molecule has 2 fully saturated rings. The Bertz CT molecular complexity index is 593. The number of morpholine rings is 1. The van der Waals surface area contributed by atoms with Crippen LogP contribution in [-0.2, 0) is 19.1 Å². The second-order valence-corrected chi connectivity index (χ2v) is 6.39.